The summed E-state index contributed by atoms with van der Waals surface area (Å²) in [6, 6.07) is 13.8. The molecule has 122 valence electrons. The van der Waals surface area contributed by atoms with E-state index in [4.69, 9.17) is 11.6 Å². The molecule has 0 amide bonds. The van der Waals surface area contributed by atoms with Crippen molar-refractivity contribution in [2.45, 2.75) is 26.2 Å². The molecule has 0 radical (unpaired) electrons. The largest absolute Gasteiger partial charge is 0.511 e. The highest BCUT2D eigenvalue weighted by Crippen LogP contribution is 2.45. The maximum Gasteiger partial charge on any atom is 0.169 e. The molecule has 2 aromatic rings. The zero-order valence-electron chi connectivity index (χ0n) is 13.6. The number of aliphatic hydroxyl groups excluding tert-OH is 1. The SMILES string of the molecule is Cc1cc(-c2ccc(Cl)cc2)ccc1C1=C(O)C2CCC(C2)C1=O. The molecule has 4 rings (SSSR count). The summed E-state index contributed by atoms with van der Waals surface area (Å²) in [5, 5.41) is 11.3. The van der Waals surface area contributed by atoms with E-state index < -0.39 is 0 Å². The molecule has 1 fully saturated rings. The van der Waals surface area contributed by atoms with Gasteiger partial charge in [-0.15, -0.1) is 0 Å². The van der Waals surface area contributed by atoms with Crippen molar-refractivity contribution in [1.29, 1.82) is 0 Å². The molecule has 0 aromatic heterocycles. The lowest BCUT2D eigenvalue weighted by molar-refractivity contribution is -0.117. The van der Waals surface area contributed by atoms with Gasteiger partial charge in [-0.1, -0.05) is 41.9 Å². The van der Waals surface area contributed by atoms with Crippen LogP contribution in [0.4, 0.5) is 0 Å². The predicted octanol–water partition coefficient (Wildman–Crippen LogP) is 5.58. The summed E-state index contributed by atoms with van der Waals surface area (Å²) in [5.74, 6) is 0.675. The lowest BCUT2D eigenvalue weighted by Crippen LogP contribution is -2.21. The van der Waals surface area contributed by atoms with Crippen molar-refractivity contribution in [3.8, 4) is 11.1 Å². The van der Waals surface area contributed by atoms with Gasteiger partial charge in [0.25, 0.3) is 0 Å². The van der Waals surface area contributed by atoms with Crippen LogP contribution in [-0.4, -0.2) is 10.9 Å². The number of benzene rings is 2. The summed E-state index contributed by atoms with van der Waals surface area (Å²) in [7, 11) is 0. The number of allylic oxidation sites excluding steroid dienone is 2. The third kappa shape index (κ3) is 2.46. The van der Waals surface area contributed by atoms with Gasteiger partial charge in [0.2, 0.25) is 0 Å². The molecule has 3 heteroatoms. The zero-order valence-corrected chi connectivity index (χ0v) is 14.3. The van der Waals surface area contributed by atoms with E-state index in [1.807, 2.05) is 43.3 Å². The Bertz CT molecular complexity index is 849. The molecule has 2 bridgehead atoms. The van der Waals surface area contributed by atoms with Crippen LogP contribution in [0.2, 0.25) is 5.02 Å². The molecule has 0 aliphatic heterocycles. The minimum atomic E-state index is 0.0937. The fraction of sp³-hybridized carbons (Fsp3) is 0.286. The smallest absolute Gasteiger partial charge is 0.169 e. The minimum absolute atomic E-state index is 0.0937. The molecular weight excluding hydrogens is 320 g/mol. The first kappa shape index (κ1) is 15.5. The van der Waals surface area contributed by atoms with Gasteiger partial charge < -0.3 is 5.11 Å². The number of aryl methyl sites for hydroxylation is 1. The number of ketones is 1. The van der Waals surface area contributed by atoms with Gasteiger partial charge in [0.05, 0.1) is 5.57 Å². The quantitative estimate of drug-likeness (QED) is 0.775. The minimum Gasteiger partial charge on any atom is -0.511 e. The van der Waals surface area contributed by atoms with Gasteiger partial charge >= 0.3 is 0 Å². The van der Waals surface area contributed by atoms with Gasteiger partial charge in [0.1, 0.15) is 5.76 Å². The first-order valence-corrected chi connectivity index (χ1v) is 8.76. The van der Waals surface area contributed by atoms with Crippen LogP contribution in [0.15, 0.2) is 48.2 Å². The van der Waals surface area contributed by atoms with Gasteiger partial charge in [-0.05, 0) is 60.6 Å². The van der Waals surface area contributed by atoms with Crippen molar-refractivity contribution >= 4 is 23.0 Å². The van der Waals surface area contributed by atoms with E-state index in [0.717, 1.165) is 41.5 Å². The fourth-order valence-electron chi connectivity index (χ4n) is 4.04. The third-order valence-electron chi connectivity index (χ3n) is 5.37. The van der Waals surface area contributed by atoms with E-state index in [0.29, 0.717) is 16.4 Å². The second-order valence-electron chi connectivity index (χ2n) is 6.87. The van der Waals surface area contributed by atoms with Gasteiger partial charge in [-0.2, -0.15) is 0 Å². The summed E-state index contributed by atoms with van der Waals surface area (Å²) >= 11 is 5.95. The number of halogens is 1. The second-order valence-corrected chi connectivity index (χ2v) is 7.30. The first-order chi connectivity index (χ1) is 11.5. The monoisotopic (exact) mass is 338 g/mol. The molecule has 2 aromatic carbocycles. The van der Waals surface area contributed by atoms with E-state index in [2.05, 4.69) is 6.07 Å². The van der Waals surface area contributed by atoms with Gasteiger partial charge in [0.15, 0.2) is 5.78 Å². The van der Waals surface area contributed by atoms with Crippen molar-refractivity contribution in [3.63, 3.8) is 0 Å². The molecule has 2 unspecified atom stereocenters. The Balaban J connectivity index is 1.76. The van der Waals surface area contributed by atoms with Crippen molar-refractivity contribution in [2.75, 3.05) is 0 Å². The van der Waals surface area contributed by atoms with Crippen LogP contribution in [0, 0.1) is 18.8 Å². The molecular formula is C21H19ClO2. The van der Waals surface area contributed by atoms with Crippen LogP contribution >= 0.6 is 11.6 Å². The number of rotatable bonds is 2. The highest BCUT2D eigenvalue weighted by atomic mass is 35.5. The molecule has 1 saturated carbocycles. The number of hydrogen-bond acceptors (Lipinski definition) is 2. The molecule has 2 aliphatic carbocycles. The van der Waals surface area contributed by atoms with E-state index in [-0.39, 0.29) is 17.6 Å². The predicted molar refractivity (Wildman–Crippen MR) is 97.0 cm³/mol. The van der Waals surface area contributed by atoms with Crippen LogP contribution in [0.3, 0.4) is 0 Å². The second kappa shape index (κ2) is 5.78. The topological polar surface area (TPSA) is 37.3 Å². The highest BCUT2D eigenvalue weighted by molar-refractivity contribution is 6.30. The Hall–Kier alpha value is -2.06. The maximum absolute atomic E-state index is 12.7. The Labute approximate surface area is 146 Å². The number of Topliss-reactive ketones (excluding diaryl/α,β-unsaturated/α-hetero) is 1. The lowest BCUT2D eigenvalue weighted by atomic mass is 9.82. The maximum atomic E-state index is 12.7. The van der Waals surface area contributed by atoms with E-state index >= 15 is 0 Å². The molecule has 2 atom stereocenters. The third-order valence-corrected chi connectivity index (χ3v) is 5.62. The normalized spacial score (nSPS) is 23.0. The number of fused-ring (bicyclic) bond motifs is 2. The van der Waals surface area contributed by atoms with Crippen LogP contribution in [0.25, 0.3) is 16.7 Å². The average Bonchev–Trinajstić information content (AvgIpc) is 3.02. The van der Waals surface area contributed by atoms with E-state index in [1.54, 1.807) is 0 Å². The van der Waals surface area contributed by atoms with Crippen LogP contribution in [0.5, 0.6) is 0 Å². The first-order valence-electron chi connectivity index (χ1n) is 8.39. The molecule has 24 heavy (non-hydrogen) atoms. The molecule has 2 aliphatic rings. The Kier molecular flexibility index (Phi) is 3.73. The molecule has 0 heterocycles. The summed E-state index contributed by atoms with van der Waals surface area (Å²) in [6.07, 6.45) is 2.64. The van der Waals surface area contributed by atoms with Crippen molar-refractivity contribution in [3.05, 3.63) is 64.4 Å². The molecule has 0 spiro atoms. The summed E-state index contributed by atoms with van der Waals surface area (Å²) in [4.78, 5) is 12.7. The molecule has 2 nitrogen and oxygen atoms in total. The Morgan fingerprint density at radius 3 is 2.38 bits per heavy atom. The standard InChI is InChI=1S/C21H19ClO2/c1-12-10-14(13-4-7-17(22)8-5-13)6-9-18(12)19-20(23)15-2-3-16(11-15)21(19)24/h4-10,15-16,23H,2-3,11H2,1H3. The zero-order chi connectivity index (χ0) is 16.8. The van der Waals surface area contributed by atoms with E-state index in [1.165, 1.54) is 0 Å². The van der Waals surface area contributed by atoms with Crippen molar-refractivity contribution in [2.24, 2.45) is 11.8 Å². The molecule has 0 saturated heterocycles. The molecule has 1 N–H and O–H groups in total. The van der Waals surface area contributed by atoms with Crippen LogP contribution in [0.1, 0.15) is 30.4 Å². The lowest BCUT2D eigenvalue weighted by Gasteiger charge is -2.23. The average molecular weight is 339 g/mol. The van der Waals surface area contributed by atoms with Crippen molar-refractivity contribution < 1.29 is 9.90 Å². The Morgan fingerprint density at radius 1 is 1.00 bits per heavy atom. The number of carbonyl (C=O) groups excluding carboxylic acids is 1. The van der Waals surface area contributed by atoms with Crippen molar-refractivity contribution in [1.82, 2.24) is 0 Å². The number of aliphatic hydroxyl groups is 1. The number of carbonyl (C=O) groups is 1. The summed E-state index contributed by atoms with van der Waals surface area (Å²) in [5.41, 5.74) is 4.60. The number of hydrogen-bond donors (Lipinski definition) is 1. The van der Waals surface area contributed by atoms with Crippen LogP contribution in [-0.2, 0) is 4.79 Å². The highest BCUT2D eigenvalue weighted by Gasteiger charge is 2.41. The summed E-state index contributed by atoms with van der Waals surface area (Å²) in [6.45, 7) is 2.00. The van der Waals surface area contributed by atoms with Crippen LogP contribution < -0.4 is 0 Å². The van der Waals surface area contributed by atoms with Gasteiger partial charge in [-0.25, -0.2) is 0 Å². The summed E-state index contributed by atoms with van der Waals surface area (Å²) < 4.78 is 0. The fourth-order valence-corrected chi connectivity index (χ4v) is 4.17. The van der Waals surface area contributed by atoms with Gasteiger partial charge in [0, 0.05) is 16.9 Å². The van der Waals surface area contributed by atoms with Gasteiger partial charge in [-0.3, -0.25) is 4.79 Å². The Morgan fingerprint density at radius 2 is 1.67 bits per heavy atom. The van der Waals surface area contributed by atoms with E-state index in [9.17, 15) is 9.90 Å².